The lowest BCUT2D eigenvalue weighted by atomic mass is 10.1. The molecule has 2 aromatic heterocycles. The van der Waals surface area contributed by atoms with Gasteiger partial charge in [0, 0.05) is 63.8 Å². The number of fused-ring (bicyclic) bond motifs is 1. The summed E-state index contributed by atoms with van der Waals surface area (Å²) in [5.41, 5.74) is 2.19. The second kappa shape index (κ2) is 5.61. The Morgan fingerprint density at radius 3 is 3.00 bits per heavy atom. The van der Waals surface area contributed by atoms with Crippen LogP contribution in [0.4, 0.5) is 5.69 Å². The van der Waals surface area contributed by atoms with Crippen molar-refractivity contribution in [2.24, 2.45) is 5.92 Å². The fourth-order valence-corrected chi connectivity index (χ4v) is 3.19. The van der Waals surface area contributed by atoms with Crippen LogP contribution in [0.3, 0.4) is 0 Å². The molecule has 6 nitrogen and oxygen atoms in total. The van der Waals surface area contributed by atoms with Crippen LogP contribution in [0.15, 0.2) is 18.3 Å². The average Bonchev–Trinajstić information content (AvgIpc) is 3.18. The Morgan fingerprint density at radius 2 is 2.19 bits per heavy atom. The highest BCUT2D eigenvalue weighted by Crippen LogP contribution is 2.20. The lowest BCUT2D eigenvalue weighted by Crippen LogP contribution is -2.43. The number of pyridine rings is 1. The van der Waals surface area contributed by atoms with Crippen LogP contribution in [-0.2, 0) is 11.2 Å². The maximum absolute atomic E-state index is 5.45. The van der Waals surface area contributed by atoms with Crippen molar-refractivity contribution in [1.29, 1.82) is 0 Å². The molecule has 2 aliphatic rings. The van der Waals surface area contributed by atoms with Crippen molar-refractivity contribution in [2.45, 2.75) is 12.8 Å². The Kier molecular flexibility index (Phi) is 3.48. The molecule has 0 radical (unpaired) electrons. The molecule has 6 heteroatoms. The van der Waals surface area contributed by atoms with E-state index in [1.165, 1.54) is 5.69 Å². The Hall–Kier alpha value is -1.66. The van der Waals surface area contributed by atoms with E-state index in [-0.39, 0.29) is 0 Å². The molecule has 2 saturated heterocycles. The summed E-state index contributed by atoms with van der Waals surface area (Å²) < 4.78 is 7.56. The van der Waals surface area contributed by atoms with Crippen molar-refractivity contribution in [3.05, 3.63) is 24.2 Å². The molecule has 1 unspecified atom stereocenters. The number of hydrogen-bond acceptors (Lipinski definition) is 5. The van der Waals surface area contributed by atoms with E-state index in [0.29, 0.717) is 5.92 Å². The molecule has 2 fully saturated rings. The summed E-state index contributed by atoms with van der Waals surface area (Å²) >= 11 is 0. The van der Waals surface area contributed by atoms with Crippen molar-refractivity contribution in [3.8, 4) is 0 Å². The first-order valence-electron chi connectivity index (χ1n) is 7.77. The van der Waals surface area contributed by atoms with Gasteiger partial charge in [0.2, 0.25) is 0 Å². The molecule has 4 rings (SSSR count). The monoisotopic (exact) mass is 287 g/mol. The van der Waals surface area contributed by atoms with Crippen molar-refractivity contribution in [3.63, 3.8) is 0 Å². The number of nitrogens with one attached hydrogen (secondary N) is 1. The summed E-state index contributed by atoms with van der Waals surface area (Å²) in [6.45, 7) is 5.94. The topological polar surface area (TPSA) is 54.7 Å². The summed E-state index contributed by atoms with van der Waals surface area (Å²) in [4.78, 5) is 2.40. The standard InChI is InChI=1S/C15H21N5O/c1-5-20-14(9-12-2-8-21-11-12)17-18-15(20)10-13(1)19-6-3-16-4-7-19/h1,5,10,12,16H,2-4,6-9,11H2. The van der Waals surface area contributed by atoms with E-state index < -0.39 is 0 Å². The van der Waals surface area contributed by atoms with Gasteiger partial charge in [0.15, 0.2) is 5.65 Å². The molecule has 1 atom stereocenters. The second-order valence-electron chi connectivity index (χ2n) is 5.90. The van der Waals surface area contributed by atoms with E-state index >= 15 is 0 Å². The number of hydrogen-bond donors (Lipinski definition) is 1. The van der Waals surface area contributed by atoms with E-state index in [4.69, 9.17) is 4.74 Å². The van der Waals surface area contributed by atoms with Gasteiger partial charge in [0.25, 0.3) is 0 Å². The number of anilines is 1. The van der Waals surface area contributed by atoms with Gasteiger partial charge in [-0.3, -0.25) is 4.40 Å². The molecule has 0 spiro atoms. The summed E-state index contributed by atoms with van der Waals surface area (Å²) in [6.07, 6.45) is 4.19. The highest BCUT2D eigenvalue weighted by atomic mass is 16.5. The molecule has 0 aromatic carbocycles. The summed E-state index contributed by atoms with van der Waals surface area (Å²) in [5.74, 6) is 1.64. The van der Waals surface area contributed by atoms with Crippen LogP contribution in [-0.4, -0.2) is 54.0 Å². The van der Waals surface area contributed by atoms with Gasteiger partial charge in [-0.05, 0) is 18.4 Å². The van der Waals surface area contributed by atoms with Crippen LogP contribution in [0.25, 0.3) is 5.65 Å². The molecule has 4 heterocycles. The van der Waals surface area contributed by atoms with Crippen LogP contribution in [0.5, 0.6) is 0 Å². The van der Waals surface area contributed by atoms with Gasteiger partial charge in [0.05, 0.1) is 0 Å². The highest BCUT2D eigenvalue weighted by molar-refractivity contribution is 5.56. The quantitative estimate of drug-likeness (QED) is 0.901. The smallest absolute Gasteiger partial charge is 0.162 e. The predicted molar refractivity (Wildman–Crippen MR) is 80.7 cm³/mol. The number of ether oxygens (including phenoxy) is 1. The van der Waals surface area contributed by atoms with Crippen molar-refractivity contribution in [2.75, 3.05) is 44.3 Å². The Labute approximate surface area is 124 Å². The van der Waals surface area contributed by atoms with E-state index in [9.17, 15) is 0 Å². The van der Waals surface area contributed by atoms with Crippen LogP contribution in [0, 0.1) is 5.92 Å². The van der Waals surface area contributed by atoms with Gasteiger partial charge in [-0.2, -0.15) is 0 Å². The van der Waals surface area contributed by atoms with E-state index in [1.54, 1.807) is 0 Å². The van der Waals surface area contributed by atoms with Crippen LogP contribution >= 0.6 is 0 Å². The largest absolute Gasteiger partial charge is 0.381 e. The number of nitrogens with zero attached hydrogens (tertiary/aromatic N) is 4. The normalized spacial score (nSPS) is 23.0. The molecule has 21 heavy (non-hydrogen) atoms. The van der Waals surface area contributed by atoms with Gasteiger partial charge < -0.3 is 15.0 Å². The number of rotatable bonds is 3. The van der Waals surface area contributed by atoms with E-state index in [0.717, 1.165) is 63.7 Å². The van der Waals surface area contributed by atoms with Crippen molar-refractivity contribution >= 4 is 11.3 Å². The summed E-state index contributed by atoms with van der Waals surface area (Å²) in [6, 6.07) is 4.32. The average molecular weight is 287 g/mol. The minimum absolute atomic E-state index is 0.588. The lowest BCUT2D eigenvalue weighted by molar-refractivity contribution is 0.185. The van der Waals surface area contributed by atoms with Crippen molar-refractivity contribution in [1.82, 2.24) is 19.9 Å². The zero-order valence-corrected chi connectivity index (χ0v) is 12.2. The number of aromatic nitrogens is 3. The minimum Gasteiger partial charge on any atom is -0.381 e. The maximum atomic E-state index is 5.45. The first kappa shape index (κ1) is 13.0. The lowest BCUT2D eigenvalue weighted by Gasteiger charge is -2.29. The van der Waals surface area contributed by atoms with Gasteiger partial charge >= 0.3 is 0 Å². The van der Waals surface area contributed by atoms with Gasteiger partial charge in [-0.1, -0.05) is 0 Å². The zero-order chi connectivity index (χ0) is 14.1. The molecule has 0 saturated carbocycles. The Balaban J connectivity index is 1.57. The van der Waals surface area contributed by atoms with E-state index in [1.807, 2.05) is 0 Å². The summed E-state index contributed by atoms with van der Waals surface area (Å²) in [5, 5.41) is 12.1. The maximum Gasteiger partial charge on any atom is 0.162 e. The SMILES string of the molecule is c1cn2c(CC3CCOC3)nnc2cc1N1CCNCC1. The van der Waals surface area contributed by atoms with E-state index in [2.05, 4.69) is 43.1 Å². The second-order valence-corrected chi connectivity index (χ2v) is 5.90. The molecule has 2 aliphatic heterocycles. The zero-order valence-electron chi connectivity index (χ0n) is 12.2. The summed E-state index contributed by atoms with van der Waals surface area (Å²) in [7, 11) is 0. The fraction of sp³-hybridized carbons (Fsp3) is 0.600. The first-order chi connectivity index (χ1) is 10.4. The first-order valence-corrected chi connectivity index (χ1v) is 7.77. The third-order valence-electron chi connectivity index (χ3n) is 4.44. The Morgan fingerprint density at radius 1 is 1.29 bits per heavy atom. The van der Waals surface area contributed by atoms with Crippen LogP contribution in [0.1, 0.15) is 12.2 Å². The third kappa shape index (κ3) is 2.61. The molecule has 1 N–H and O–H groups in total. The number of piperazine rings is 1. The molecule has 0 amide bonds. The van der Waals surface area contributed by atoms with Crippen LogP contribution in [0.2, 0.25) is 0 Å². The van der Waals surface area contributed by atoms with Crippen molar-refractivity contribution < 1.29 is 4.74 Å². The minimum atomic E-state index is 0.588. The molecular formula is C15H21N5O. The molecule has 112 valence electrons. The van der Waals surface area contributed by atoms with Gasteiger partial charge in [-0.15, -0.1) is 10.2 Å². The highest BCUT2D eigenvalue weighted by Gasteiger charge is 2.19. The van der Waals surface area contributed by atoms with Gasteiger partial charge in [0.1, 0.15) is 5.82 Å². The third-order valence-corrected chi connectivity index (χ3v) is 4.44. The molecule has 2 aromatic rings. The molecule has 0 aliphatic carbocycles. The Bertz CT molecular complexity index is 614. The molecule has 0 bridgehead atoms. The van der Waals surface area contributed by atoms with Crippen LogP contribution < -0.4 is 10.2 Å². The predicted octanol–water partition coefficient (Wildman–Crippen LogP) is 0.718. The van der Waals surface area contributed by atoms with Gasteiger partial charge in [-0.25, -0.2) is 0 Å². The fourth-order valence-electron chi connectivity index (χ4n) is 3.19. The molecular weight excluding hydrogens is 266 g/mol.